The van der Waals surface area contributed by atoms with Crippen LogP contribution in [-0.4, -0.2) is 11.0 Å². The van der Waals surface area contributed by atoms with E-state index in [2.05, 4.69) is 32.1 Å². The van der Waals surface area contributed by atoms with Crippen LogP contribution in [0.4, 0.5) is 4.39 Å². The quantitative estimate of drug-likeness (QED) is 0.444. The van der Waals surface area contributed by atoms with E-state index in [1.54, 1.807) is 24.3 Å². The van der Waals surface area contributed by atoms with Crippen molar-refractivity contribution in [1.82, 2.24) is 16.2 Å². The van der Waals surface area contributed by atoms with Gasteiger partial charge in [0.2, 0.25) is 0 Å². The van der Waals surface area contributed by atoms with Gasteiger partial charge in [-0.3, -0.25) is 15.6 Å². The normalized spacial score (nSPS) is 10.5. The fourth-order valence-corrected chi connectivity index (χ4v) is 2.63. The zero-order chi connectivity index (χ0) is 17.8. The largest absolute Gasteiger partial charge is 0.451 e. The standard InChI is InChI=1S/C17H13BrFN3O2S/c18-12-3-6-14-11(7-12)8-15(24-14)16(23)21-22-17(25)20-9-10-1-4-13(19)5-2-10/h1-8H,9H2,(H,21,23)(H2,20,22,25). The molecule has 0 aliphatic heterocycles. The van der Waals surface area contributed by atoms with E-state index < -0.39 is 5.91 Å². The van der Waals surface area contributed by atoms with Crippen molar-refractivity contribution in [2.45, 2.75) is 6.54 Å². The first-order valence-electron chi connectivity index (χ1n) is 7.29. The summed E-state index contributed by atoms with van der Waals surface area (Å²) in [6.07, 6.45) is 0. The lowest BCUT2D eigenvalue weighted by Crippen LogP contribution is -2.46. The van der Waals surface area contributed by atoms with Gasteiger partial charge in [0.25, 0.3) is 0 Å². The van der Waals surface area contributed by atoms with Gasteiger partial charge in [0.1, 0.15) is 11.4 Å². The molecule has 1 aromatic heterocycles. The van der Waals surface area contributed by atoms with E-state index in [0.717, 1.165) is 15.4 Å². The van der Waals surface area contributed by atoms with Gasteiger partial charge in [0, 0.05) is 16.4 Å². The summed E-state index contributed by atoms with van der Waals surface area (Å²) in [6, 6.07) is 13.2. The number of hydrogen-bond acceptors (Lipinski definition) is 3. The Balaban J connectivity index is 1.52. The summed E-state index contributed by atoms with van der Waals surface area (Å²) in [4.78, 5) is 12.1. The maximum atomic E-state index is 12.8. The zero-order valence-electron chi connectivity index (χ0n) is 12.8. The third kappa shape index (κ3) is 4.55. The third-order valence-electron chi connectivity index (χ3n) is 3.36. The van der Waals surface area contributed by atoms with Crippen LogP contribution in [0.5, 0.6) is 0 Å². The van der Waals surface area contributed by atoms with Crippen LogP contribution in [0.1, 0.15) is 16.1 Å². The van der Waals surface area contributed by atoms with Crippen molar-refractivity contribution in [2.24, 2.45) is 0 Å². The molecular formula is C17H13BrFN3O2S. The van der Waals surface area contributed by atoms with Crippen LogP contribution in [-0.2, 0) is 6.54 Å². The van der Waals surface area contributed by atoms with E-state index in [1.807, 2.05) is 12.1 Å². The van der Waals surface area contributed by atoms with Gasteiger partial charge >= 0.3 is 5.91 Å². The number of hydrogen-bond donors (Lipinski definition) is 3. The number of nitrogens with one attached hydrogen (secondary N) is 3. The second-order valence-corrected chi connectivity index (χ2v) is 6.50. The number of rotatable bonds is 3. The monoisotopic (exact) mass is 421 g/mol. The van der Waals surface area contributed by atoms with E-state index in [9.17, 15) is 9.18 Å². The van der Waals surface area contributed by atoms with E-state index >= 15 is 0 Å². The molecule has 2 aromatic carbocycles. The Hall–Kier alpha value is -2.45. The SMILES string of the molecule is O=C(NNC(=S)NCc1ccc(F)cc1)c1cc2cc(Br)ccc2o1. The molecule has 25 heavy (non-hydrogen) atoms. The summed E-state index contributed by atoms with van der Waals surface area (Å²) < 4.78 is 19.2. The molecular weight excluding hydrogens is 409 g/mol. The molecule has 0 radical (unpaired) electrons. The lowest BCUT2D eigenvalue weighted by molar-refractivity contribution is 0.0918. The van der Waals surface area contributed by atoms with Gasteiger partial charge in [-0.25, -0.2) is 4.39 Å². The first-order chi connectivity index (χ1) is 12.0. The van der Waals surface area contributed by atoms with Crippen molar-refractivity contribution in [3.8, 4) is 0 Å². The number of fused-ring (bicyclic) bond motifs is 1. The summed E-state index contributed by atoms with van der Waals surface area (Å²) in [5.41, 5.74) is 6.53. The van der Waals surface area contributed by atoms with E-state index in [0.29, 0.717) is 12.1 Å². The maximum absolute atomic E-state index is 12.8. The Labute approximate surface area is 156 Å². The van der Waals surface area contributed by atoms with Gasteiger partial charge in [-0.05, 0) is 54.2 Å². The highest BCUT2D eigenvalue weighted by molar-refractivity contribution is 9.10. The Bertz CT molecular complexity index is 927. The third-order valence-corrected chi connectivity index (χ3v) is 4.10. The van der Waals surface area contributed by atoms with Crippen molar-refractivity contribution >= 4 is 50.1 Å². The molecule has 0 saturated heterocycles. The summed E-state index contributed by atoms with van der Waals surface area (Å²) in [5.74, 6) is -0.574. The molecule has 0 spiro atoms. The van der Waals surface area contributed by atoms with Crippen molar-refractivity contribution in [3.05, 3.63) is 70.1 Å². The topological polar surface area (TPSA) is 66.3 Å². The smallest absolute Gasteiger partial charge is 0.305 e. The number of amides is 1. The van der Waals surface area contributed by atoms with Crippen LogP contribution in [0.2, 0.25) is 0 Å². The van der Waals surface area contributed by atoms with E-state index in [1.165, 1.54) is 12.1 Å². The molecule has 0 aliphatic carbocycles. The zero-order valence-corrected chi connectivity index (χ0v) is 15.2. The summed E-state index contributed by atoms with van der Waals surface area (Å²) >= 11 is 8.45. The molecule has 128 valence electrons. The molecule has 3 N–H and O–H groups in total. The molecule has 5 nitrogen and oxygen atoms in total. The molecule has 3 aromatic rings. The fourth-order valence-electron chi connectivity index (χ4n) is 2.13. The average Bonchev–Trinajstić information content (AvgIpc) is 3.02. The highest BCUT2D eigenvalue weighted by Crippen LogP contribution is 2.23. The minimum atomic E-state index is -0.446. The summed E-state index contributed by atoms with van der Waals surface area (Å²) in [5, 5.41) is 3.95. The van der Waals surface area contributed by atoms with Gasteiger partial charge in [-0.2, -0.15) is 0 Å². The molecule has 0 aliphatic rings. The van der Waals surface area contributed by atoms with Gasteiger partial charge in [0.05, 0.1) is 0 Å². The second-order valence-electron chi connectivity index (χ2n) is 5.18. The molecule has 0 bridgehead atoms. The molecule has 1 heterocycles. The number of hydrazine groups is 1. The van der Waals surface area contributed by atoms with Crippen LogP contribution < -0.4 is 16.2 Å². The maximum Gasteiger partial charge on any atom is 0.305 e. The Morgan fingerprint density at radius 1 is 1.12 bits per heavy atom. The molecule has 1 amide bonds. The summed E-state index contributed by atoms with van der Waals surface area (Å²) in [7, 11) is 0. The van der Waals surface area contributed by atoms with E-state index in [-0.39, 0.29) is 16.7 Å². The first-order valence-corrected chi connectivity index (χ1v) is 8.49. The van der Waals surface area contributed by atoms with Crippen LogP contribution in [0.3, 0.4) is 0 Å². The predicted molar refractivity (Wildman–Crippen MR) is 100 cm³/mol. The lowest BCUT2D eigenvalue weighted by Gasteiger charge is -2.10. The molecule has 8 heteroatoms. The van der Waals surface area contributed by atoms with Crippen LogP contribution >= 0.6 is 28.1 Å². The van der Waals surface area contributed by atoms with Gasteiger partial charge in [-0.1, -0.05) is 28.1 Å². The minimum Gasteiger partial charge on any atom is -0.451 e. The first kappa shape index (κ1) is 17.4. The van der Waals surface area contributed by atoms with Crippen LogP contribution in [0.15, 0.2) is 57.4 Å². The highest BCUT2D eigenvalue weighted by Gasteiger charge is 2.12. The minimum absolute atomic E-state index is 0.168. The number of halogens is 2. The van der Waals surface area contributed by atoms with Gasteiger partial charge in [0.15, 0.2) is 10.9 Å². The molecule has 0 saturated carbocycles. The van der Waals surface area contributed by atoms with Crippen molar-refractivity contribution < 1.29 is 13.6 Å². The van der Waals surface area contributed by atoms with Crippen molar-refractivity contribution in [2.75, 3.05) is 0 Å². The van der Waals surface area contributed by atoms with Crippen LogP contribution in [0, 0.1) is 5.82 Å². The van der Waals surface area contributed by atoms with Crippen molar-refractivity contribution in [3.63, 3.8) is 0 Å². The molecule has 3 rings (SSSR count). The fraction of sp³-hybridized carbons (Fsp3) is 0.0588. The molecule has 0 atom stereocenters. The Morgan fingerprint density at radius 2 is 1.88 bits per heavy atom. The summed E-state index contributed by atoms with van der Waals surface area (Å²) in [6.45, 7) is 0.403. The number of carbonyl (C=O) groups excluding carboxylic acids is 1. The van der Waals surface area contributed by atoms with Gasteiger partial charge < -0.3 is 9.73 Å². The number of benzene rings is 2. The average molecular weight is 422 g/mol. The van der Waals surface area contributed by atoms with Crippen molar-refractivity contribution in [1.29, 1.82) is 0 Å². The Morgan fingerprint density at radius 3 is 2.64 bits per heavy atom. The molecule has 0 fully saturated rings. The number of furan rings is 1. The Kier molecular flexibility index (Phi) is 5.30. The van der Waals surface area contributed by atoms with E-state index in [4.69, 9.17) is 16.6 Å². The predicted octanol–water partition coefficient (Wildman–Crippen LogP) is 3.64. The number of thiocarbonyl (C=S) groups is 1. The second kappa shape index (κ2) is 7.62. The lowest BCUT2D eigenvalue weighted by atomic mass is 10.2. The number of carbonyl (C=O) groups is 1. The van der Waals surface area contributed by atoms with Crippen LogP contribution in [0.25, 0.3) is 11.0 Å². The highest BCUT2D eigenvalue weighted by atomic mass is 79.9. The van der Waals surface area contributed by atoms with Gasteiger partial charge in [-0.15, -0.1) is 0 Å². The molecule has 0 unspecified atom stereocenters.